The molecule has 1 aromatic rings. The van der Waals surface area contributed by atoms with Crippen LogP contribution in [0, 0.1) is 0 Å². The van der Waals surface area contributed by atoms with Crippen LogP contribution in [-0.2, 0) is 10.6 Å². The Bertz CT molecular complexity index is 512. The molecule has 0 spiro atoms. The SMILES string of the molecule is COC(=O)c1cc(CCl)[nH]c(=O)c1OC(F)(F)F. The summed E-state index contributed by atoms with van der Waals surface area (Å²) < 4.78 is 44.1. The second kappa shape index (κ2) is 5.30. The number of rotatable bonds is 3. The van der Waals surface area contributed by atoms with Gasteiger partial charge in [-0.25, -0.2) is 4.79 Å². The summed E-state index contributed by atoms with van der Waals surface area (Å²) in [6.07, 6.45) is -5.10. The summed E-state index contributed by atoms with van der Waals surface area (Å²) in [5.74, 6) is -2.50. The van der Waals surface area contributed by atoms with E-state index in [2.05, 4.69) is 9.47 Å². The summed E-state index contributed by atoms with van der Waals surface area (Å²) in [7, 11) is 0.960. The van der Waals surface area contributed by atoms with Crippen LogP contribution in [0.25, 0.3) is 0 Å². The van der Waals surface area contributed by atoms with Crippen molar-refractivity contribution in [3.05, 3.63) is 27.7 Å². The average Bonchev–Trinajstić information content (AvgIpc) is 2.28. The van der Waals surface area contributed by atoms with E-state index in [4.69, 9.17) is 11.6 Å². The Balaban J connectivity index is 3.38. The molecule has 0 atom stereocenters. The third-order valence-electron chi connectivity index (χ3n) is 1.81. The normalized spacial score (nSPS) is 11.2. The van der Waals surface area contributed by atoms with E-state index < -0.39 is 29.2 Å². The number of H-pyrrole nitrogens is 1. The maximum absolute atomic E-state index is 12.1. The van der Waals surface area contributed by atoms with Crippen molar-refractivity contribution in [2.24, 2.45) is 0 Å². The number of carbonyl (C=O) groups is 1. The van der Waals surface area contributed by atoms with Crippen molar-refractivity contribution in [1.82, 2.24) is 4.98 Å². The minimum absolute atomic E-state index is 0.0663. The highest BCUT2D eigenvalue weighted by molar-refractivity contribution is 6.17. The van der Waals surface area contributed by atoms with Crippen LogP contribution in [0.4, 0.5) is 13.2 Å². The number of alkyl halides is 4. The van der Waals surface area contributed by atoms with Crippen molar-refractivity contribution in [3.63, 3.8) is 0 Å². The Labute approximate surface area is 103 Å². The summed E-state index contributed by atoms with van der Waals surface area (Å²) in [6.45, 7) is 0. The highest BCUT2D eigenvalue weighted by Gasteiger charge is 2.35. The van der Waals surface area contributed by atoms with Crippen LogP contribution >= 0.6 is 11.6 Å². The van der Waals surface area contributed by atoms with Gasteiger partial charge in [0, 0.05) is 5.69 Å². The Morgan fingerprint density at radius 1 is 1.50 bits per heavy atom. The lowest BCUT2D eigenvalue weighted by molar-refractivity contribution is -0.275. The van der Waals surface area contributed by atoms with Crippen molar-refractivity contribution in [2.45, 2.75) is 12.2 Å². The monoisotopic (exact) mass is 285 g/mol. The maximum Gasteiger partial charge on any atom is 0.573 e. The van der Waals surface area contributed by atoms with Crippen LogP contribution in [0.15, 0.2) is 10.9 Å². The van der Waals surface area contributed by atoms with Crippen LogP contribution in [0.1, 0.15) is 16.1 Å². The van der Waals surface area contributed by atoms with Gasteiger partial charge in [0.1, 0.15) is 5.56 Å². The molecule has 0 radical (unpaired) electrons. The van der Waals surface area contributed by atoms with Gasteiger partial charge in [-0.1, -0.05) is 0 Å². The molecule has 1 N–H and O–H groups in total. The van der Waals surface area contributed by atoms with Crippen LogP contribution in [-0.4, -0.2) is 24.4 Å². The molecule has 0 aliphatic heterocycles. The molecule has 1 aromatic heterocycles. The Kier molecular flexibility index (Phi) is 4.23. The summed E-state index contributed by atoms with van der Waals surface area (Å²) >= 11 is 5.42. The van der Waals surface area contributed by atoms with Gasteiger partial charge in [-0.15, -0.1) is 24.8 Å². The molecule has 0 aliphatic carbocycles. The van der Waals surface area contributed by atoms with Gasteiger partial charge in [0.15, 0.2) is 0 Å². The second-order valence-electron chi connectivity index (χ2n) is 3.04. The molecule has 0 aliphatic rings. The number of aromatic nitrogens is 1. The number of methoxy groups -OCH3 is 1. The number of carbonyl (C=O) groups excluding carboxylic acids is 1. The standard InChI is InChI=1S/C9H7ClF3NO4/c1-17-8(16)5-2-4(3-10)14-7(15)6(5)18-9(11,12)13/h2H,3H2,1H3,(H,14,15). The summed E-state index contributed by atoms with van der Waals surface area (Å²) in [4.78, 5) is 24.7. The topological polar surface area (TPSA) is 68.4 Å². The van der Waals surface area contributed by atoms with Crippen LogP contribution in [0.5, 0.6) is 5.75 Å². The Hall–Kier alpha value is -1.70. The molecule has 0 saturated carbocycles. The smallest absolute Gasteiger partial charge is 0.465 e. The van der Waals surface area contributed by atoms with Gasteiger partial charge in [0.2, 0.25) is 5.75 Å². The quantitative estimate of drug-likeness (QED) is 0.679. The van der Waals surface area contributed by atoms with Gasteiger partial charge < -0.3 is 14.5 Å². The third kappa shape index (κ3) is 3.39. The molecule has 0 bridgehead atoms. The zero-order valence-electron chi connectivity index (χ0n) is 8.93. The fourth-order valence-electron chi connectivity index (χ4n) is 1.15. The van der Waals surface area contributed by atoms with E-state index in [1.165, 1.54) is 0 Å². The van der Waals surface area contributed by atoms with E-state index in [9.17, 15) is 22.8 Å². The first-order chi connectivity index (χ1) is 8.28. The lowest BCUT2D eigenvalue weighted by Gasteiger charge is -2.11. The Morgan fingerprint density at radius 3 is 2.56 bits per heavy atom. The maximum atomic E-state index is 12.1. The first-order valence-electron chi connectivity index (χ1n) is 4.44. The number of halogens is 4. The first kappa shape index (κ1) is 14.4. The third-order valence-corrected chi connectivity index (χ3v) is 2.10. The van der Waals surface area contributed by atoms with Gasteiger partial charge in [-0.2, -0.15) is 0 Å². The minimum atomic E-state index is -5.10. The highest BCUT2D eigenvalue weighted by atomic mass is 35.5. The van der Waals surface area contributed by atoms with E-state index in [0.29, 0.717) is 0 Å². The molecule has 100 valence electrons. The van der Waals surface area contributed by atoms with E-state index >= 15 is 0 Å². The Morgan fingerprint density at radius 2 is 2.11 bits per heavy atom. The predicted molar refractivity (Wildman–Crippen MR) is 54.6 cm³/mol. The summed E-state index contributed by atoms with van der Waals surface area (Å²) in [5, 5.41) is 0. The average molecular weight is 286 g/mol. The predicted octanol–water partition coefficient (Wildman–Crippen LogP) is 1.80. The van der Waals surface area contributed by atoms with Crippen molar-refractivity contribution in [1.29, 1.82) is 0 Å². The molecule has 5 nitrogen and oxygen atoms in total. The van der Waals surface area contributed by atoms with Crippen LogP contribution in [0.3, 0.4) is 0 Å². The van der Waals surface area contributed by atoms with E-state index in [1.807, 2.05) is 4.98 Å². The molecule has 0 amide bonds. The number of pyridine rings is 1. The lowest BCUT2D eigenvalue weighted by Crippen LogP contribution is -2.26. The van der Waals surface area contributed by atoms with Crippen molar-refractivity contribution in [3.8, 4) is 5.75 Å². The van der Waals surface area contributed by atoms with E-state index in [0.717, 1.165) is 13.2 Å². The zero-order chi connectivity index (χ0) is 13.9. The van der Waals surface area contributed by atoms with Gasteiger partial charge in [-0.3, -0.25) is 4.79 Å². The number of aromatic amines is 1. The molecule has 0 fully saturated rings. The van der Waals surface area contributed by atoms with Crippen LogP contribution < -0.4 is 10.3 Å². The van der Waals surface area contributed by atoms with Crippen LogP contribution in [0.2, 0.25) is 0 Å². The lowest BCUT2D eigenvalue weighted by atomic mass is 10.2. The van der Waals surface area contributed by atoms with Crippen molar-refractivity contribution < 1.29 is 27.4 Å². The molecular weight excluding hydrogens is 279 g/mol. The second-order valence-corrected chi connectivity index (χ2v) is 3.31. The molecule has 0 aromatic carbocycles. The van der Waals surface area contributed by atoms with Crippen molar-refractivity contribution >= 4 is 17.6 Å². The summed E-state index contributed by atoms with van der Waals surface area (Å²) in [5.41, 5.74) is -1.79. The number of hydrogen-bond acceptors (Lipinski definition) is 4. The number of nitrogens with one attached hydrogen (secondary N) is 1. The van der Waals surface area contributed by atoms with Gasteiger partial charge in [0.05, 0.1) is 13.0 Å². The number of ether oxygens (including phenoxy) is 2. The van der Waals surface area contributed by atoms with Gasteiger partial charge in [-0.05, 0) is 6.07 Å². The molecular formula is C9H7ClF3NO4. The molecule has 0 saturated heterocycles. The van der Waals surface area contributed by atoms with Gasteiger partial charge in [0.25, 0.3) is 5.56 Å². The number of hydrogen-bond donors (Lipinski definition) is 1. The van der Waals surface area contributed by atoms with E-state index in [-0.39, 0.29) is 11.6 Å². The molecule has 18 heavy (non-hydrogen) atoms. The van der Waals surface area contributed by atoms with E-state index in [1.54, 1.807) is 0 Å². The number of esters is 1. The molecule has 1 rings (SSSR count). The molecule has 0 unspecified atom stereocenters. The minimum Gasteiger partial charge on any atom is -0.465 e. The fraction of sp³-hybridized carbons (Fsp3) is 0.333. The fourth-order valence-corrected chi connectivity index (χ4v) is 1.30. The largest absolute Gasteiger partial charge is 0.573 e. The summed E-state index contributed by atoms with van der Waals surface area (Å²) in [6, 6.07) is 0.960. The molecule has 9 heteroatoms. The highest BCUT2D eigenvalue weighted by Crippen LogP contribution is 2.24. The first-order valence-corrected chi connectivity index (χ1v) is 4.98. The zero-order valence-corrected chi connectivity index (χ0v) is 9.69. The molecule has 1 heterocycles. The van der Waals surface area contributed by atoms with Gasteiger partial charge >= 0.3 is 12.3 Å². The van der Waals surface area contributed by atoms with Crippen molar-refractivity contribution in [2.75, 3.05) is 7.11 Å².